The van der Waals surface area contributed by atoms with Crippen LogP contribution in [0.2, 0.25) is 0 Å². The summed E-state index contributed by atoms with van der Waals surface area (Å²) in [5, 5.41) is 0. The van der Waals surface area contributed by atoms with Gasteiger partial charge in [0.15, 0.2) is 0 Å². The van der Waals surface area contributed by atoms with Crippen LogP contribution in [0.4, 0.5) is 11.4 Å². The number of rotatable bonds is 9. The second-order valence-electron chi connectivity index (χ2n) is 7.01. The molecule has 0 spiro atoms. The molecule has 144 valence electrons. The maximum absolute atomic E-state index is 6.03. The molecule has 2 aromatic carbocycles. The van der Waals surface area contributed by atoms with Crippen molar-refractivity contribution >= 4 is 17.5 Å². The zero-order valence-corrected chi connectivity index (χ0v) is 17.2. The quantitative estimate of drug-likeness (QED) is 0.542. The third-order valence-corrected chi connectivity index (χ3v) is 4.33. The molecule has 0 aromatic heterocycles. The number of nitrogens with zero attached hydrogens (tertiary/aromatic N) is 2. The molecule has 2 rings (SSSR count). The summed E-state index contributed by atoms with van der Waals surface area (Å²) in [6.45, 7) is 2.88. The van der Waals surface area contributed by atoms with E-state index >= 15 is 0 Å². The van der Waals surface area contributed by atoms with Crippen LogP contribution in [0.25, 0.3) is 6.08 Å². The highest BCUT2D eigenvalue weighted by molar-refractivity contribution is 5.56. The van der Waals surface area contributed by atoms with Crippen molar-refractivity contribution < 1.29 is 4.74 Å². The van der Waals surface area contributed by atoms with Gasteiger partial charge in [-0.3, -0.25) is 0 Å². The van der Waals surface area contributed by atoms with Crippen molar-refractivity contribution in [3.8, 4) is 0 Å². The molecule has 0 bridgehead atoms. The summed E-state index contributed by atoms with van der Waals surface area (Å²) < 4.78 is 6.03. The molecule has 0 heterocycles. The van der Waals surface area contributed by atoms with Gasteiger partial charge in [0.25, 0.3) is 0 Å². The monoisotopic (exact) mass is 364 g/mol. The molecule has 0 amide bonds. The highest BCUT2D eigenvalue weighted by Gasteiger charge is 2.08. The zero-order valence-electron chi connectivity index (χ0n) is 17.2. The third kappa shape index (κ3) is 6.61. The minimum absolute atomic E-state index is 0.0260. The lowest BCUT2D eigenvalue weighted by atomic mass is 10.1. The largest absolute Gasteiger partial charge is 0.378 e. The Morgan fingerprint density at radius 1 is 0.815 bits per heavy atom. The van der Waals surface area contributed by atoms with Crippen LogP contribution in [0, 0.1) is 0 Å². The van der Waals surface area contributed by atoms with Gasteiger partial charge < -0.3 is 14.5 Å². The molecule has 0 aliphatic rings. The van der Waals surface area contributed by atoms with Crippen LogP contribution in [0.15, 0.2) is 66.8 Å². The molecule has 0 aliphatic carbocycles. The van der Waals surface area contributed by atoms with Crippen molar-refractivity contribution in [2.24, 2.45) is 0 Å². The van der Waals surface area contributed by atoms with E-state index in [1.807, 2.05) is 0 Å². The van der Waals surface area contributed by atoms with Crippen LogP contribution >= 0.6 is 0 Å². The number of anilines is 2. The van der Waals surface area contributed by atoms with Crippen molar-refractivity contribution in [3.63, 3.8) is 0 Å². The fourth-order valence-electron chi connectivity index (χ4n) is 2.69. The van der Waals surface area contributed by atoms with Crippen molar-refractivity contribution in [2.45, 2.75) is 19.4 Å². The normalized spacial score (nSPS) is 12.6. The molecule has 0 N–H and O–H groups in total. The second-order valence-corrected chi connectivity index (χ2v) is 7.01. The Morgan fingerprint density at radius 3 is 1.89 bits per heavy atom. The maximum atomic E-state index is 6.03. The summed E-state index contributed by atoms with van der Waals surface area (Å²) in [4.78, 5) is 4.20. The average Bonchev–Trinajstić information content (AvgIpc) is 2.68. The van der Waals surface area contributed by atoms with Crippen molar-refractivity contribution in [3.05, 3.63) is 77.9 Å². The first-order valence-corrected chi connectivity index (χ1v) is 9.52. The summed E-state index contributed by atoms with van der Waals surface area (Å²) in [6, 6.07) is 17.1. The van der Waals surface area contributed by atoms with E-state index in [2.05, 4.69) is 118 Å². The van der Waals surface area contributed by atoms with Gasteiger partial charge in [0, 0.05) is 46.2 Å². The first kappa shape index (κ1) is 20.8. The maximum Gasteiger partial charge on any atom is 0.101 e. The van der Waals surface area contributed by atoms with Crippen LogP contribution in [-0.4, -0.2) is 34.8 Å². The van der Waals surface area contributed by atoms with Gasteiger partial charge in [0.05, 0.1) is 0 Å². The number of allylic oxidation sites excluding steroid dienone is 2. The summed E-state index contributed by atoms with van der Waals surface area (Å²) >= 11 is 0. The van der Waals surface area contributed by atoms with E-state index in [0.29, 0.717) is 0 Å². The Hall–Kier alpha value is -2.52. The summed E-state index contributed by atoms with van der Waals surface area (Å²) in [6.07, 6.45) is 9.35. The topological polar surface area (TPSA) is 15.7 Å². The number of benzene rings is 2. The molecule has 1 unspecified atom stereocenters. The van der Waals surface area contributed by atoms with E-state index in [-0.39, 0.29) is 6.10 Å². The average molecular weight is 365 g/mol. The van der Waals surface area contributed by atoms with Crippen LogP contribution in [-0.2, 0) is 4.74 Å². The van der Waals surface area contributed by atoms with E-state index in [1.165, 1.54) is 22.5 Å². The fraction of sp³-hybridized carbons (Fsp3) is 0.333. The lowest BCUT2D eigenvalue weighted by Crippen LogP contribution is -2.09. The molecule has 0 radical (unpaired) electrons. The van der Waals surface area contributed by atoms with Gasteiger partial charge in [-0.2, -0.15) is 0 Å². The number of hydrogen-bond acceptors (Lipinski definition) is 3. The Kier molecular flexibility index (Phi) is 8.15. The van der Waals surface area contributed by atoms with Crippen LogP contribution in [0.1, 0.15) is 30.6 Å². The lowest BCUT2D eigenvalue weighted by Gasteiger charge is -2.17. The molecule has 27 heavy (non-hydrogen) atoms. The molecular weight excluding hydrogens is 332 g/mol. The van der Waals surface area contributed by atoms with Gasteiger partial charge in [0.1, 0.15) is 6.10 Å². The van der Waals surface area contributed by atoms with E-state index in [9.17, 15) is 0 Å². The highest BCUT2D eigenvalue weighted by Crippen LogP contribution is 2.22. The molecular formula is C24H32N2O. The smallest absolute Gasteiger partial charge is 0.101 e. The number of hydrogen-bond donors (Lipinski definition) is 0. The standard InChI is InChI=1S/C24H32N2O/c1-6-19-27-24(21-13-17-23(18-14-21)26(4)5)10-8-7-9-20-11-15-22(16-12-20)25(2)3/h7-18,24H,6,19H2,1-5H3/b9-7+,10-8+. The zero-order chi connectivity index (χ0) is 19.6. The highest BCUT2D eigenvalue weighted by atomic mass is 16.5. The number of ether oxygens (including phenoxy) is 1. The Balaban J connectivity index is 2.05. The van der Waals surface area contributed by atoms with Gasteiger partial charge >= 0.3 is 0 Å². The van der Waals surface area contributed by atoms with Crippen molar-refractivity contribution in [2.75, 3.05) is 44.6 Å². The molecule has 0 saturated carbocycles. The summed E-state index contributed by atoms with van der Waals surface area (Å²) in [7, 11) is 8.20. The van der Waals surface area contributed by atoms with Gasteiger partial charge in [0.2, 0.25) is 0 Å². The summed E-state index contributed by atoms with van der Waals surface area (Å²) in [5.74, 6) is 0. The SMILES string of the molecule is CCCOC(/C=C/C=C/c1ccc(N(C)C)cc1)c1ccc(N(C)C)cc1. The minimum atomic E-state index is -0.0260. The van der Waals surface area contributed by atoms with E-state index in [1.54, 1.807) is 0 Å². The fourth-order valence-corrected chi connectivity index (χ4v) is 2.69. The summed E-state index contributed by atoms with van der Waals surface area (Å²) in [5.41, 5.74) is 4.76. The predicted octanol–water partition coefficient (Wildman–Crippen LogP) is 5.56. The third-order valence-electron chi connectivity index (χ3n) is 4.33. The first-order chi connectivity index (χ1) is 13.0. The molecule has 0 aliphatic heterocycles. The van der Waals surface area contributed by atoms with Gasteiger partial charge in [-0.05, 0) is 41.8 Å². The van der Waals surface area contributed by atoms with Crippen molar-refractivity contribution in [1.82, 2.24) is 0 Å². The van der Waals surface area contributed by atoms with Crippen molar-refractivity contribution in [1.29, 1.82) is 0 Å². The molecule has 0 fully saturated rings. The Labute approximate surface area is 164 Å². The van der Waals surface area contributed by atoms with Crippen LogP contribution < -0.4 is 9.80 Å². The molecule has 1 atom stereocenters. The first-order valence-electron chi connectivity index (χ1n) is 9.52. The van der Waals surface area contributed by atoms with E-state index < -0.39 is 0 Å². The molecule has 3 heteroatoms. The predicted molar refractivity (Wildman–Crippen MR) is 119 cm³/mol. The Morgan fingerprint density at radius 2 is 1.37 bits per heavy atom. The van der Waals surface area contributed by atoms with Crippen LogP contribution in [0.3, 0.4) is 0 Å². The Bertz CT molecular complexity index is 728. The van der Waals surface area contributed by atoms with Crippen LogP contribution in [0.5, 0.6) is 0 Å². The molecule has 0 saturated heterocycles. The molecule has 3 nitrogen and oxygen atoms in total. The van der Waals surface area contributed by atoms with E-state index in [0.717, 1.165) is 13.0 Å². The van der Waals surface area contributed by atoms with Gasteiger partial charge in [-0.1, -0.05) is 55.5 Å². The van der Waals surface area contributed by atoms with Gasteiger partial charge in [-0.15, -0.1) is 0 Å². The molecule has 2 aromatic rings. The minimum Gasteiger partial charge on any atom is -0.378 e. The van der Waals surface area contributed by atoms with E-state index in [4.69, 9.17) is 4.74 Å². The second kappa shape index (κ2) is 10.6. The lowest BCUT2D eigenvalue weighted by molar-refractivity contribution is 0.0858. The van der Waals surface area contributed by atoms with Gasteiger partial charge in [-0.25, -0.2) is 0 Å².